The number of nitrogens with zero attached hydrogens (tertiary/aromatic N) is 2. The van der Waals surface area contributed by atoms with E-state index in [-0.39, 0.29) is 5.91 Å². The van der Waals surface area contributed by atoms with Gasteiger partial charge in [-0.05, 0) is 59.7 Å². The third kappa shape index (κ3) is 6.92. The van der Waals surface area contributed by atoms with E-state index in [1.807, 2.05) is 78.9 Å². The second kappa shape index (κ2) is 12.3. The Morgan fingerprint density at radius 2 is 1.38 bits per heavy atom. The first-order chi connectivity index (χ1) is 19.0. The van der Waals surface area contributed by atoms with Gasteiger partial charge in [-0.2, -0.15) is 4.31 Å². The van der Waals surface area contributed by atoms with E-state index in [0.717, 1.165) is 16.9 Å². The molecule has 4 aromatic carbocycles. The highest BCUT2D eigenvalue weighted by molar-refractivity contribution is 7.89. The van der Waals surface area contributed by atoms with E-state index in [2.05, 4.69) is 10.2 Å². The van der Waals surface area contributed by atoms with Gasteiger partial charge >= 0.3 is 0 Å². The molecule has 1 heterocycles. The van der Waals surface area contributed by atoms with Gasteiger partial charge in [0.15, 0.2) is 0 Å². The number of carbonyl (C=O) groups is 1. The molecule has 1 amide bonds. The van der Waals surface area contributed by atoms with Gasteiger partial charge in [0.1, 0.15) is 12.4 Å². The number of piperazine rings is 1. The standard InChI is InChI=1S/C31H31N3O4S/c35-31(32-28-14-16-29(17-15-28)38-24-25-8-3-1-4-9-25)27-11-7-10-26(22-27)23-33-18-20-34(21-19-33)39(36,37)30-12-5-2-6-13-30/h1-17,22H,18-21,23-24H2,(H,32,35). The number of ether oxygens (including phenoxy) is 1. The molecule has 1 fully saturated rings. The van der Waals surface area contributed by atoms with Crippen LogP contribution in [-0.4, -0.2) is 49.7 Å². The molecule has 0 spiro atoms. The van der Waals surface area contributed by atoms with Crippen LogP contribution in [0.3, 0.4) is 0 Å². The predicted molar refractivity (Wildman–Crippen MR) is 152 cm³/mol. The number of sulfonamides is 1. The second-order valence-corrected chi connectivity index (χ2v) is 11.4. The van der Waals surface area contributed by atoms with Crippen LogP contribution < -0.4 is 10.1 Å². The van der Waals surface area contributed by atoms with Gasteiger partial charge in [-0.15, -0.1) is 0 Å². The predicted octanol–water partition coefficient (Wildman–Crippen LogP) is 5.02. The summed E-state index contributed by atoms with van der Waals surface area (Å²) in [6, 6.07) is 33.4. The highest BCUT2D eigenvalue weighted by Crippen LogP contribution is 2.20. The summed E-state index contributed by atoms with van der Waals surface area (Å²) in [6.07, 6.45) is 0. The van der Waals surface area contributed by atoms with Crippen LogP contribution in [0, 0.1) is 0 Å². The average molecular weight is 542 g/mol. The quantitative estimate of drug-likeness (QED) is 0.322. The molecule has 1 aliphatic heterocycles. The van der Waals surface area contributed by atoms with Crippen LogP contribution >= 0.6 is 0 Å². The third-order valence-electron chi connectivity index (χ3n) is 6.67. The molecule has 4 aromatic rings. The van der Waals surface area contributed by atoms with E-state index in [4.69, 9.17) is 4.74 Å². The molecule has 1 aliphatic rings. The molecule has 8 heteroatoms. The molecule has 7 nitrogen and oxygen atoms in total. The van der Waals surface area contributed by atoms with Crippen molar-refractivity contribution in [2.75, 3.05) is 31.5 Å². The molecule has 1 N–H and O–H groups in total. The van der Waals surface area contributed by atoms with Crippen molar-refractivity contribution in [3.63, 3.8) is 0 Å². The lowest BCUT2D eigenvalue weighted by Gasteiger charge is -2.34. The fourth-order valence-electron chi connectivity index (χ4n) is 4.52. The Morgan fingerprint density at radius 1 is 0.744 bits per heavy atom. The summed E-state index contributed by atoms with van der Waals surface area (Å²) in [5.74, 6) is 0.545. The average Bonchev–Trinajstić information content (AvgIpc) is 2.98. The maximum Gasteiger partial charge on any atom is 0.255 e. The summed E-state index contributed by atoms with van der Waals surface area (Å²) >= 11 is 0. The first kappa shape index (κ1) is 26.6. The minimum absolute atomic E-state index is 0.187. The van der Waals surface area contributed by atoms with Gasteiger partial charge in [0.05, 0.1) is 4.90 Å². The van der Waals surface area contributed by atoms with Crippen molar-refractivity contribution in [2.45, 2.75) is 18.0 Å². The molecule has 0 aromatic heterocycles. The maximum absolute atomic E-state index is 12.9. The van der Waals surface area contributed by atoms with Gasteiger partial charge in [0, 0.05) is 44.0 Å². The van der Waals surface area contributed by atoms with Gasteiger partial charge in [0.25, 0.3) is 5.91 Å². The molecule has 0 atom stereocenters. The van der Waals surface area contributed by atoms with Crippen LogP contribution in [0.1, 0.15) is 21.5 Å². The van der Waals surface area contributed by atoms with Crippen molar-refractivity contribution in [1.82, 2.24) is 9.21 Å². The van der Waals surface area contributed by atoms with Gasteiger partial charge in [0.2, 0.25) is 10.0 Å². The van der Waals surface area contributed by atoms with E-state index in [1.54, 1.807) is 34.6 Å². The topological polar surface area (TPSA) is 79.0 Å². The molecule has 5 rings (SSSR count). The largest absolute Gasteiger partial charge is 0.489 e. The third-order valence-corrected chi connectivity index (χ3v) is 8.58. The van der Waals surface area contributed by atoms with Crippen molar-refractivity contribution < 1.29 is 17.9 Å². The zero-order valence-corrected chi connectivity index (χ0v) is 22.4. The number of rotatable bonds is 9. The summed E-state index contributed by atoms with van der Waals surface area (Å²) in [6.45, 7) is 3.25. The van der Waals surface area contributed by atoms with Crippen molar-refractivity contribution in [1.29, 1.82) is 0 Å². The van der Waals surface area contributed by atoms with E-state index >= 15 is 0 Å². The lowest BCUT2D eigenvalue weighted by molar-refractivity contribution is 0.102. The van der Waals surface area contributed by atoms with Gasteiger partial charge in [-0.25, -0.2) is 8.42 Å². The van der Waals surface area contributed by atoms with Crippen LogP contribution in [0.5, 0.6) is 5.75 Å². The van der Waals surface area contributed by atoms with E-state index in [0.29, 0.717) is 55.5 Å². The summed E-state index contributed by atoms with van der Waals surface area (Å²) in [7, 11) is -3.48. The van der Waals surface area contributed by atoms with E-state index < -0.39 is 10.0 Å². The molecule has 0 saturated carbocycles. The molecular weight excluding hydrogens is 510 g/mol. The summed E-state index contributed by atoms with van der Waals surface area (Å²) < 4.78 is 33.1. The fraction of sp³-hybridized carbons (Fsp3) is 0.194. The number of anilines is 1. The first-order valence-corrected chi connectivity index (χ1v) is 14.4. The summed E-state index contributed by atoms with van der Waals surface area (Å²) in [5.41, 5.74) is 3.36. The molecule has 0 unspecified atom stereocenters. The van der Waals surface area contributed by atoms with Crippen LogP contribution in [0.25, 0.3) is 0 Å². The molecule has 0 bridgehead atoms. The van der Waals surface area contributed by atoms with Gasteiger partial charge < -0.3 is 10.1 Å². The highest BCUT2D eigenvalue weighted by Gasteiger charge is 2.28. The maximum atomic E-state index is 12.9. The molecule has 39 heavy (non-hydrogen) atoms. The molecular formula is C31H31N3O4S. The number of benzene rings is 4. The Morgan fingerprint density at radius 3 is 2.08 bits per heavy atom. The Balaban J connectivity index is 1.13. The van der Waals surface area contributed by atoms with Crippen molar-refractivity contribution in [2.24, 2.45) is 0 Å². The molecule has 0 aliphatic carbocycles. The Hall–Kier alpha value is -3.98. The second-order valence-electron chi connectivity index (χ2n) is 9.45. The van der Waals surface area contributed by atoms with E-state index in [9.17, 15) is 13.2 Å². The number of amides is 1. The lowest BCUT2D eigenvalue weighted by atomic mass is 10.1. The Bertz CT molecular complexity index is 1490. The number of nitrogens with one attached hydrogen (secondary N) is 1. The fourth-order valence-corrected chi connectivity index (χ4v) is 5.96. The van der Waals surface area contributed by atoms with Crippen LogP contribution in [0.2, 0.25) is 0 Å². The van der Waals surface area contributed by atoms with Gasteiger partial charge in [-0.3, -0.25) is 9.69 Å². The van der Waals surface area contributed by atoms with Crippen molar-refractivity contribution in [3.8, 4) is 5.75 Å². The smallest absolute Gasteiger partial charge is 0.255 e. The SMILES string of the molecule is O=C(Nc1ccc(OCc2ccccc2)cc1)c1cccc(CN2CCN(S(=O)(=O)c3ccccc3)CC2)c1. The van der Waals surface area contributed by atoms with Crippen LogP contribution in [0.15, 0.2) is 114 Å². The van der Waals surface area contributed by atoms with Crippen molar-refractivity contribution in [3.05, 3.63) is 126 Å². The summed E-state index contributed by atoms with van der Waals surface area (Å²) in [5, 5.41) is 2.95. The van der Waals surface area contributed by atoms with E-state index in [1.165, 1.54) is 0 Å². The lowest BCUT2D eigenvalue weighted by Crippen LogP contribution is -2.48. The Kier molecular flexibility index (Phi) is 8.36. The molecule has 0 radical (unpaired) electrons. The minimum atomic E-state index is -3.48. The zero-order valence-electron chi connectivity index (χ0n) is 21.6. The van der Waals surface area contributed by atoms with Gasteiger partial charge in [-0.1, -0.05) is 60.7 Å². The monoisotopic (exact) mass is 541 g/mol. The number of hydrogen-bond donors (Lipinski definition) is 1. The minimum Gasteiger partial charge on any atom is -0.489 e. The van der Waals surface area contributed by atoms with Crippen LogP contribution in [-0.2, 0) is 23.2 Å². The number of carbonyl (C=O) groups excluding carboxylic acids is 1. The summed E-state index contributed by atoms with van der Waals surface area (Å²) in [4.78, 5) is 15.4. The highest BCUT2D eigenvalue weighted by atomic mass is 32.2. The zero-order chi connectivity index (χ0) is 27.1. The number of hydrogen-bond acceptors (Lipinski definition) is 5. The Labute approximate surface area is 229 Å². The van der Waals surface area contributed by atoms with Crippen LogP contribution in [0.4, 0.5) is 5.69 Å². The molecule has 200 valence electrons. The normalized spacial score (nSPS) is 14.6. The van der Waals surface area contributed by atoms with Crippen molar-refractivity contribution >= 4 is 21.6 Å². The first-order valence-electron chi connectivity index (χ1n) is 12.9. The molecule has 1 saturated heterocycles.